The summed E-state index contributed by atoms with van der Waals surface area (Å²) in [5, 5.41) is 18.9. The van der Waals surface area contributed by atoms with Crippen molar-refractivity contribution in [3.05, 3.63) is 193 Å². The van der Waals surface area contributed by atoms with Crippen LogP contribution in [0.3, 0.4) is 0 Å². The molecule has 6 rings (SSSR count). The molecule has 6 aromatic rings. The third-order valence-electron chi connectivity index (χ3n) is 8.69. The molecule has 0 spiro atoms. The Kier molecular flexibility index (Phi) is 24.8. The summed E-state index contributed by atoms with van der Waals surface area (Å²) in [7, 11) is 2.90. The number of aliphatic hydroxyl groups excluding tert-OH is 1. The van der Waals surface area contributed by atoms with Gasteiger partial charge in [0.15, 0.2) is 5.78 Å². The van der Waals surface area contributed by atoms with E-state index in [-0.39, 0.29) is 13.3 Å². The number of hydrogen-bond acceptors (Lipinski definition) is 4. The van der Waals surface area contributed by atoms with Crippen molar-refractivity contribution in [2.24, 2.45) is 0 Å². The summed E-state index contributed by atoms with van der Waals surface area (Å²) in [6.07, 6.45) is -0.341. The molecule has 6 aromatic carbocycles. The third kappa shape index (κ3) is 17.4. The van der Waals surface area contributed by atoms with Gasteiger partial charge in [0.1, 0.15) is 0 Å². The number of nitrogens with one attached hydrogen (secondary N) is 1. The maximum absolute atomic E-state index is 10.6. The Morgan fingerprint density at radius 1 is 0.564 bits per heavy atom. The van der Waals surface area contributed by atoms with E-state index >= 15 is 0 Å². The smallest absolute Gasteiger partial charge is 0 e. The van der Waals surface area contributed by atoms with Crippen LogP contribution in [0.5, 0.6) is 0 Å². The van der Waals surface area contributed by atoms with Gasteiger partial charge in [-0.05, 0) is 81.8 Å². The fourth-order valence-corrected chi connectivity index (χ4v) is 11.9. The fraction of sp³-hybridized carbons (Fsp3) is 0.191. The number of hydrogen-bond donors (Lipinski definition) is 2. The summed E-state index contributed by atoms with van der Waals surface area (Å²) in [5.41, 5.74) is 2.93. The van der Waals surface area contributed by atoms with Crippen LogP contribution >= 0.6 is 25.5 Å². The number of halogens is 1. The first-order valence-electron chi connectivity index (χ1n) is 18.2. The average molecular weight is 882 g/mol. The van der Waals surface area contributed by atoms with Gasteiger partial charge in [-0.1, -0.05) is 133 Å². The van der Waals surface area contributed by atoms with Gasteiger partial charge in [-0.3, -0.25) is 11.6 Å². The topological polar surface area (TPSA) is 66.4 Å². The molecule has 0 amide bonds. The predicted octanol–water partition coefficient (Wildman–Crippen LogP) is 9.10. The van der Waals surface area contributed by atoms with Crippen LogP contribution in [-0.4, -0.2) is 42.1 Å². The summed E-state index contributed by atoms with van der Waals surface area (Å²) in [6, 6.07) is 63.2. The second kappa shape index (κ2) is 28.7. The molecule has 0 aliphatic rings. The van der Waals surface area contributed by atoms with Crippen LogP contribution in [0.2, 0.25) is 0 Å². The summed E-state index contributed by atoms with van der Waals surface area (Å²) in [6.45, 7) is 13.5. The van der Waals surface area contributed by atoms with E-state index in [9.17, 15) is 4.79 Å². The van der Waals surface area contributed by atoms with Gasteiger partial charge in [0.2, 0.25) is 0 Å². The number of aliphatic hydroxyl groups is 1. The summed E-state index contributed by atoms with van der Waals surface area (Å²) < 4.78 is 0. The number of Topliss-reactive ketones (excluding diaryl/α,β-unsaturated/α-hetero) is 1. The second-order valence-electron chi connectivity index (χ2n) is 12.8. The molecule has 0 fully saturated rings. The SMILES string of the molecule is CC(=O)c1ccccc1.CC(O)c1ccccc1.C[C@@H](CNC[C@H](C)[PH+](c1ccccc1)c1ccccc1)[PH+](c1ccccc1)c1ccccc1.[CH-]=O.[Cl][RuH+2].[HH]. The fourth-order valence-electron chi connectivity index (χ4n) is 6.07. The molecule has 2 N–H and O–H groups in total. The minimum Gasteiger partial charge on any atom is 0 e. The molecule has 3 atom stereocenters. The molecule has 55 heavy (non-hydrogen) atoms. The van der Waals surface area contributed by atoms with Crippen LogP contribution in [0, 0.1) is 0 Å². The number of benzene rings is 6. The van der Waals surface area contributed by atoms with Gasteiger partial charge < -0.3 is 15.2 Å². The molecule has 0 radical (unpaired) electrons. The average Bonchev–Trinajstić information content (AvgIpc) is 3.25. The van der Waals surface area contributed by atoms with Crippen molar-refractivity contribution in [3.63, 3.8) is 0 Å². The van der Waals surface area contributed by atoms with E-state index in [4.69, 9.17) is 9.90 Å². The molecule has 0 saturated carbocycles. The largest absolute Gasteiger partial charge is 0 e. The van der Waals surface area contributed by atoms with Gasteiger partial charge in [-0.2, -0.15) is 0 Å². The van der Waals surface area contributed by atoms with Crippen molar-refractivity contribution < 1.29 is 33.4 Å². The Bertz CT molecular complexity index is 1670. The van der Waals surface area contributed by atoms with Crippen LogP contribution in [0.4, 0.5) is 0 Å². The normalized spacial score (nSPS) is 11.7. The minimum absolute atomic E-state index is 0. The Morgan fingerprint density at radius 3 is 1.04 bits per heavy atom. The monoisotopic (exact) mass is 882 g/mol. The molecule has 8 heteroatoms. The van der Waals surface area contributed by atoms with E-state index in [1.807, 2.05) is 60.7 Å². The zero-order valence-corrected chi connectivity index (χ0v) is 36.7. The molecule has 290 valence electrons. The van der Waals surface area contributed by atoms with Gasteiger partial charge in [0.25, 0.3) is 0 Å². The van der Waals surface area contributed by atoms with Crippen molar-refractivity contribution in [1.82, 2.24) is 5.32 Å². The molecule has 0 bridgehead atoms. The van der Waals surface area contributed by atoms with E-state index in [1.54, 1.807) is 31.2 Å². The van der Waals surface area contributed by atoms with E-state index in [1.165, 1.54) is 21.2 Å². The maximum Gasteiger partial charge on any atom is 0 e. The van der Waals surface area contributed by atoms with Crippen molar-refractivity contribution in [3.8, 4) is 0 Å². The van der Waals surface area contributed by atoms with Crippen LogP contribution in [0.1, 0.15) is 51.1 Å². The van der Waals surface area contributed by atoms with Crippen LogP contribution < -0.4 is 26.5 Å². The molecule has 4 nitrogen and oxygen atoms in total. The van der Waals surface area contributed by atoms with Crippen molar-refractivity contribution in [2.45, 2.75) is 45.1 Å². The van der Waals surface area contributed by atoms with Crippen LogP contribution in [-0.2, 0) is 22.1 Å². The van der Waals surface area contributed by atoms with Crippen LogP contribution in [0.15, 0.2) is 182 Å². The first-order valence-corrected chi connectivity index (χ1v) is 23.7. The summed E-state index contributed by atoms with van der Waals surface area (Å²) in [4.78, 5) is 18.4. The molecular formula is C47H57ClNO3P2Ru+3. The molecule has 0 heterocycles. The molecule has 0 aromatic heterocycles. The van der Waals surface area contributed by atoms with E-state index in [0.29, 0.717) is 11.3 Å². The third-order valence-corrected chi connectivity index (χ3v) is 14.9. The first kappa shape index (κ1) is 47.5. The Hall–Kier alpha value is -3.65. The molecular weight excluding hydrogens is 825 g/mol. The van der Waals surface area contributed by atoms with Gasteiger partial charge in [-0.15, -0.1) is 0 Å². The Balaban J connectivity index is 0.000000556. The molecule has 1 unspecified atom stereocenters. The minimum atomic E-state index is -0.853. The zero-order chi connectivity index (χ0) is 40.3. The maximum atomic E-state index is 10.6. The molecule has 0 aliphatic carbocycles. The number of carbonyl (C=O) groups is 1. The van der Waals surface area contributed by atoms with Crippen LogP contribution in [0.25, 0.3) is 0 Å². The molecule has 0 aliphatic heterocycles. The number of rotatable bonds is 12. The summed E-state index contributed by atoms with van der Waals surface area (Å²) >= 11 is 1.62. The predicted molar refractivity (Wildman–Crippen MR) is 242 cm³/mol. The van der Waals surface area contributed by atoms with Gasteiger partial charge in [-0.25, -0.2) is 0 Å². The quantitative estimate of drug-likeness (QED) is 0.0424. The van der Waals surface area contributed by atoms with Crippen molar-refractivity contribution >= 4 is 59.3 Å². The van der Waals surface area contributed by atoms with Gasteiger partial charge >= 0.3 is 27.0 Å². The second-order valence-corrected chi connectivity index (χ2v) is 18.7. The standard InChI is InChI=1S/C30H33NP2.C8H10O.C8H8O.CHO.ClH.Ru.H2.H/c1-25(32(27-15-7-3-8-16-27)28-17-9-4-10-18-28)23-31-24-26(2)33(29-19-11-5-12-20-29)30-21-13-6-14-22-30;2*1-7(9)8-5-3-2-4-6-8;1-2;;;;/h3-22,25-26,31H,23-24H2,1-2H3;2-7,9H,1H3;2-6H,1H3;1H;1H;;1H;/q;;;-1;;+3;;/p+1/t25-,26-;;;;;;;/m0......./s1. The first-order chi connectivity index (χ1) is 26.8. The number of ketones is 1. The Morgan fingerprint density at radius 2 is 0.818 bits per heavy atom. The van der Waals surface area contributed by atoms with Crippen molar-refractivity contribution in [2.75, 3.05) is 13.1 Å². The molecule has 0 saturated heterocycles. The van der Waals surface area contributed by atoms with Gasteiger partial charge in [0.05, 0.1) is 54.5 Å². The van der Waals surface area contributed by atoms with Gasteiger partial charge in [0, 0.05) is 20.1 Å². The number of carbonyl (C=O) groups excluding carboxylic acids is 2. The summed E-state index contributed by atoms with van der Waals surface area (Å²) in [5.74, 6) is 0.121. The zero-order valence-electron chi connectivity index (χ0n) is 32.1. The Labute approximate surface area is 347 Å². The van der Waals surface area contributed by atoms with E-state index in [0.717, 1.165) is 24.2 Å². The van der Waals surface area contributed by atoms with Crippen molar-refractivity contribution in [1.29, 1.82) is 0 Å². The van der Waals surface area contributed by atoms with E-state index < -0.39 is 15.8 Å². The van der Waals surface area contributed by atoms with E-state index in [2.05, 4.69) is 157 Å².